The highest BCUT2D eigenvalue weighted by molar-refractivity contribution is 9.10. The molecule has 2 nitrogen and oxygen atoms in total. The Kier molecular flexibility index (Phi) is 3.48. The number of rotatable bonds is 3. The lowest BCUT2D eigenvalue weighted by molar-refractivity contribution is -0.122. The van der Waals surface area contributed by atoms with Crippen molar-refractivity contribution in [3.8, 4) is 5.75 Å². The summed E-state index contributed by atoms with van der Waals surface area (Å²) < 4.78 is 6.36. The number of hydrogen-bond acceptors (Lipinski definition) is 2. The maximum absolute atomic E-state index is 10.9. The van der Waals surface area contributed by atoms with E-state index in [1.807, 2.05) is 24.3 Å². The summed E-state index contributed by atoms with van der Waals surface area (Å²) in [5.74, 6) is 0.744. The highest BCUT2D eigenvalue weighted by Gasteiger charge is 2.08. The van der Waals surface area contributed by atoms with Gasteiger partial charge in [0.25, 0.3) is 0 Å². The number of halogens is 1. The third-order valence-electron chi connectivity index (χ3n) is 1.70. The maximum Gasteiger partial charge on any atom is 0.169 e. The average molecular weight is 243 g/mol. The lowest BCUT2D eigenvalue weighted by Crippen LogP contribution is -2.20. The highest BCUT2D eigenvalue weighted by atomic mass is 79.9. The van der Waals surface area contributed by atoms with Gasteiger partial charge < -0.3 is 4.74 Å². The molecule has 0 N–H and O–H groups in total. The molecule has 70 valence electrons. The van der Waals surface area contributed by atoms with Gasteiger partial charge in [-0.15, -0.1) is 0 Å². The molecular weight excluding hydrogens is 232 g/mol. The van der Waals surface area contributed by atoms with Crippen LogP contribution in [0.5, 0.6) is 5.75 Å². The maximum atomic E-state index is 10.9. The van der Waals surface area contributed by atoms with E-state index in [1.165, 1.54) is 6.92 Å². The van der Waals surface area contributed by atoms with Crippen LogP contribution >= 0.6 is 15.9 Å². The van der Waals surface area contributed by atoms with Crippen molar-refractivity contribution < 1.29 is 9.53 Å². The van der Waals surface area contributed by atoms with Gasteiger partial charge in [-0.3, -0.25) is 4.79 Å². The quantitative estimate of drug-likeness (QED) is 0.815. The summed E-state index contributed by atoms with van der Waals surface area (Å²) in [6, 6.07) is 7.40. The van der Waals surface area contributed by atoms with E-state index in [1.54, 1.807) is 6.92 Å². The molecule has 0 aliphatic carbocycles. The Morgan fingerprint density at radius 3 is 2.38 bits per heavy atom. The summed E-state index contributed by atoms with van der Waals surface area (Å²) in [5.41, 5.74) is 0. The first kappa shape index (κ1) is 10.3. The fourth-order valence-corrected chi connectivity index (χ4v) is 1.06. The first-order chi connectivity index (χ1) is 6.09. The summed E-state index contributed by atoms with van der Waals surface area (Å²) in [7, 11) is 0. The Balaban J connectivity index is 2.64. The predicted molar refractivity (Wildman–Crippen MR) is 54.9 cm³/mol. The molecule has 0 unspecified atom stereocenters. The SMILES string of the molecule is CC(=O)[C@@H](C)Oc1ccc(Br)cc1. The molecule has 0 heterocycles. The molecule has 1 aromatic carbocycles. The van der Waals surface area contributed by atoms with Gasteiger partial charge in [0.05, 0.1) is 0 Å². The summed E-state index contributed by atoms with van der Waals surface area (Å²) in [6.07, 6.45) is -0.374. The number of ether oxygens (including phenoxy) is 1. The van der Waals surface area contributed by atoms with Gasteiger partial charge in [0.2, 0.25) is 0 Å². The number of hydrogen-bond donors (Lipinski definition) is 0. The van der Waals surface area contributed by atoms with Crippen molar-refractivity contribution >= 4 is 21.7 Å². The minimum Gasteiger partial charge on any atom is -0.483 e. The van der Waals surface area contributed by atoms with Crippen molar-refractivity contribution in [1.29, 1.82) is 0 Å². The second-order valence-corrected chi connectivity index (χ2v) is 3.74. The minimum absolute atomic E-state index is 0.0305. The molecule has 1 aromatic rings. The molecule has 0 aliphatic rings. The van der Waals surface area contributed by atoms with Crippen LogP contribution < -0.4 is 4.74 Å². The van der Waals surface area contributed by atoms with Gasteiger partial charge in [0, 0.05) is 4.47 Å². The molecule has 0 fully saturated rings. The zero-order chi connectivity index (χ0) is 9.84. The predicted octanol–water partition coefficient (Wildman–Crippen LogP) is 2.81. The first-order valence-corrected chi connectivity index (χ1v) is 4.81. The zero-order valence-electron chi connectivity index (χ0n) is 7.58. The summed E-state index contributed by atoms with van der Waals surface area (Å²) in [5, 5.41) is 0. The van der Waals surface area contributed by atoms with E-state index < -0.39 is 0 Å². The van der Waals surface area contributed by atoms with Crippen molar-refractivity contribution in [2.75, 3.05) is 0 Å². The van der Waals surface area contributed by atoms with Crippen molar-refractivity contribution in [3.05, 3.63) is 28.7 Å². The van der Waals surface area contributed by atoms with Crippen LogP contribution in [-0.4, -0.2) is 11.9 Å². The van der Waals surface area contributed by atoms with Crippen LogP contribution in [0.4, 0.5) is 0 Å². The molecule has 3 heteroatoms. The van der Waals surface area contributed by atoms with E-state index in [-0.39, 0.29) is 11.9 Å². The van der Waals surface area contributed by atoms with Crippen LogP contribution in [0.3, 0.4) is 0 Å². The Morgan fingerprint density at radius 2 is 1.92 bits per heavy atom. The monoisotopic (exact) mass is 242 g/mol. The second-order valence-electron chi connectivity index (χ2n) is 2.82. The van der Waals surface area contributed by atoms with Crippen LogP contribution in [0.2, 0.25) is 0 Å². The van der Waals surface area contributed by atoms with Gasteiger partial charge >= 0.3 is 0 Å². The average Bonchev–Trinajstić information content (AvgIpc) is 2.08. The van der Waals surface area contributed by atoms with E-state index >= 15 is 0 Å². The molecule has 0 spiro atoms. The first-order valence-electron chi connectivity index (χ1n) is 4.02. The largest absolute Gasteiger partial charge is 0.483 e. The number of ketones is 1. The Hall–Kier alpha value is -0.830. The third-order valence-corrected chi connectivity index (χ3v) is 2.23. The minimum atomic E-state index is -0.374. The molecule has 0 bridgehead atoms. The molecule has 0 amide bonds. The van der Waals surface area contributed by atoms with Crippen molar-refractivity contribution in [2.45, 2.75) is 20.0 Å². The van der Waals surface area contributed by atoms with Crippen LogP contribution in [0.15, 0.2) is 28.7 Å². The number of carbonyl (C=O) groups is 1. The van der Waals surface area contributed by atoms with E-state index in [0.717, 1.165) is 4.47 Å². The van der Waals surface area contributed by atoms with Gasteiger partial charge in [-0.1, -0.05) is 15.9 Å². The number of Topliss-reactive ketones (excluding diaryl/α,β-unsaturated/α-hetero) is 1. The zero-order valence-corrected chi connectivity index (χ0v) is 9.17. The second kappa shape index (κ2) is 4.42. The molecule has 0 radical (unpaired) electrons. The third kappa shape index (κ3) is 3.19. The molecular formula is C10H11BrO2. The lowest BCUT2D eigenvalue weighted by Gasteiger charge is -2.10. The highest BCUT2D eigenvalue weighted by Crippen LogP contribution is 2.17. The summed E-state index contributed by atoms with van der Waals surface area (Å²) >= 11 is 3.32. The molecule has 0 saturated carbocycles. The molecule has 0 aromatic heterocycles. The van der Waals surface area contributed by atoms with Gasteiger partial charge in [-0.25, -0.2) is 0 Å². The smallest absolute Gasteiger partial charge is 0.169 e. The molecule has 13 heavy (non-hydrogen) atoms. The van der Waals surface area contributed by atoms with E-state index in [9.17, 15) is 4.79 Å². The molecule has 0 saturated heterocycles. The standard InChI is InChI=1S/C10H11BrO2/c1-7(12)8(2)13-10-5-3-9(11)4-6-10/h3-6,8H,1-2H3/t8-/m1/s1. The Labute approximate surface area is 86.0 Å². The van der Waals surface area contributed by atoms with E-state index in [2.05, 4.69) is 15.9 Å². The van der Waals surface area contributed by atoms with Crippen LogP contribution in [0.25, 0.3) is 0 Å². The molecule has 1 rings (SSSR count). The fourth-order valence-electron chi connectivity index (χ4n) is 0.800. The summed E-state index contributed by atoms with van der Waals surface area (Å²) in [4.78, 5) is 10.9. The van der Waals surface area contributed by atoms with Gasteiger partial charge in [-0.2, -0.15) is 0 Å². The van der Waals surface area contributed by atoms with Crippen molar-refractivity contribution in [3.63, 3.8) is 0 Å². The molecule has 1 atom stereocenters. The van der Waals surface area contributed by atoms with Crippen molar-refractivity contribution in [1.82, 2.24) is 0 Å². The van der Waals surface area contributed by atoms with Gasteiger partial charge in [-0.05, 0) is 38.1 Å². The number of benzene rings is 1. The normalized spacial score (nSPS) is 12.2. The van der Waals surface area contributed by atoms with Crippen LogP contribution in [-0.2, 0) is 4.79 Å². The topological polar surface area (TPSA) is 26.3 Å². The van der Waals surface area contributed by atoms with Gasteiger partial charge in [0.1, 0.15) is 5.75 Å². The Bertz CT molecular complexity index is 292. The number of carbonyl (C=O) groups excluding carboxylic acids is 1. The van der Waals surface area contributed by atoms with Gasteiger partial charge in [0.15, 0.2) is 11.9 Å². The van der Waals surface area contributed by atoms with Crippen molar-refractivity contribution in [2.24, 2.45) is 0 Å². The fraction of sp³-hybridized carbons (Fsp3) is 0.300. The van der Waals surface area contributed by atoms with E-state index in [0.29, 0.717) is 5.75 Å². The van der Waals surface area contributed by atoms with Crippen LogP contribution in [0.1, 0.15) is 13.8 Å². The van der Waals surface area contributed by atoms with Crippen LogP contribution in [0, 0.1) is 0 Å². The van der Waals surface area contributed by atoms with E-state index in [4.69, 9.17) is 4.74 Å². The molecule has 0 aliphatic heterocycles. The Morgan fingerprint density at radius 1 is 1.38 bits per heavy atom. The lowest BCUT2D eigenvalue weighted by atomic mass is 10.3. The summed E-state index contributed by atoms with van der Waals surface area (Å²) in [6.45, 7) is 3.26.